The van der Waals surface area contributed by atoms with E-state index in [0.29, 0.717) is 23.9 Å². The van der Waals surface area contributed by atoms with Crippen LogP contribution in [0, 0.1) is 0 Å². The molecule has 0 aliphatic rings. The molecule has 134 valence electrons. The number of carbonyl (C=O) groups is 1. The number of aliphatic hydroxyl groups excluding tert-OH is 1. The first-order valence-corrected chi connectivity index (χ1v) is 9.11. The Morgan fingerprint density at radius 3 is 2.35 bits per heavy atom. The van der Waals surface area contributed by atoms with E-state index in [9.17, 15) is 9.90 Å². The number of aliphatic hydroxyl groups is 1. The largest absolute Gasteiger partial charge is 0.390 e. The third kappa shape index (κ3) is 5.23. The van der Waals surface area contributed by atoms with Crippen molar-refractivity contribution < 1.29 is 14.6 Å². The normalized spacial score (nSPS) is 10.7. The molecule has 0 saturated heterocycles. The standard InChI is InChI=1S/C20H20N2O3S/c23-12-17-18(11-15-7-3-1-4-8-15)26-20(21-17)22-19(24)14-25-13-16-9-5-2-6-10-16/h1-10,23H,11-14H2,(H,21,22,24). The maximum Gasteiger partial charge on any atom is 0.252 e. The van der Waals surface area contributed by atoms with Gasteiger partial charge in [-0.3, -0.25) is 10.1 Å². The van der Waals surface area contributed by atoms with Crippen LogP contribution >= 0.6 is 11.3 Å². The second kappa shape index (κ2) is 9.24. The predicted octanol–water partition coefficient (Wildman–Crippen LogP) is 3.38. The highest BCUT2D eigenvalue weighted by Crippen LogP contribution is 2.25. The van der Waals surface area contributed by atoms with Crippen molar-refractivity contribution in [2.75, 3.05) is 11.9 Å². The molecule has 0 spiro atoms. The van der Waals surface area contributed by atoms with Gasteiger partial charge in [0.25, 0.3) is 5.91 Å². The molecule has 1 heterocycles. The number of amides is 1. The maximum absolute atomic E-state index is 12.0. The van der Waals surface area contributed by atoms with Gasteiger partial charge in [-0.15, -0.1) is 11.3 Å². The molecular weight excluding hydrogens is 348 g/mol. The molecule has 6 heteroatoms. The number of benzene rings is 2. The molecule has 26 heavy (non-hydrogen) atoms. The second-order valence-corrected chi connectivity index (χ2v) is 6.82. The Hall–Kier alpha value is -2.54. The lowest BCUT2D eigenvalue weighted by molar-refractivity contribution is -0.121. The molecule has 0 unspecified atom stereocenters. The van der Waals surface area contributed by atoms with Crippen molar-refractivity contribution in [2.45, 2.75) is 19.6 Å². The maximum atomic E-state index is 12.0. The Morgan fingerprint density at radius 1 is 1.04 bits per heavy atom. The zero-order valence-electron chi connectivity index (χ0n) is 14.2. The van der Waals surface area contributed by atoms with Crippen LogP contribution in [0.15, 0.2) is 60.7 Å². The molecule has 0 saturated carbocycles. The van der Waals surface area contributed by atoms with E-state index in [1.165, 1.54) is 11.3 Å². The number of thiazole rings is 1. The Kier molecular flexibility index (Phi) is 6.49. The van der Waals surface area contributed by atoms with Gasteiger partial charge in [-0.05, 0) is 11.1 Å². The molecule has 2 aromatic carbocycles. The molecule has 0 bridgehead atoms. The minimum atomic E-state index is -0.259. The number of rotatable bonds is 8. The first-order valence-electron chi connectivity index (χ1n) is 8.29. The summed E-state index contributed by atoms with van der Waals surface area (Å²) < 4.78 is 5.43. The molecule has 1 aromatic heterocycles. The van der Waals surface area contributed by atoms with Crippen LogP contribution in [0.1, 0.15) is 21.7 Å². The molecule has 0 aliphatic carbocycles. The van der Waals surface area contributed by atoms with Crippen LogP contribution in [0.3, 0.4) is 0 Å². The van der Waals surface area contributed by atoms with E-state index in [0.717, 1.165) is 16.0 Å². The summed E-state index contributed by atoms with van der Waals surface area (Å²) >= 11 is 1.38. The van der Waals surface area contributed by atoms with Crippen molar-refractivity contribution in [2.24, 2.45) is 0 Å². The van der Waals surface area contributed by atoms with E-state index in [4.69, 9.17) is 4.74 Å². The van der Waals surface area contributed by atoms with Gasteiger partial charge in [0, 0.05) is 11.3 Å². The first kappa shape index (κ1) is 18.3. The molecule has 5 nitrogen and oxygen atoms in total. The number of hydrogen-bond acceptors (Lipinski definition) is 5. The summed E-state index contributed by atoms with van der Waals surface area (Å²) in [4.78, 5) is 17.3. The Labute approximate surface area is 156 Å². The SMILES string of the molecule is O=C(COCc1ccccc1)Nc1nc(CO)c(Cc2ccccc2)s1. The third-order valence-electron chi connectivity index (χ3n) is 3.73. The molecule has 0 aliphatic heterocycles. The smallest absolute Gasteiger partial charge is 0.252 e. The minimum absolute atomic E-state index is 0.0447. The topological polar surface area (TPSA) is 71.5 Å². The molecule has 3 rings (SSSR count). The average Bonchev–Trinajstić information content (AvgIpc) is 3.04. The van der Waals surface area contributed by atoms with E-state index in [2.05, 4.69) is 10.3 Å². The summed E-state index contributed by atoms with van der Waals surface area (Å²) in [6.45, 7) is 0.184. The van der Waals surface area contributed by atoms with Crippen molar-refractivity contribution in [3.05, 3.63) is 82.4 Å². The van der Waals surface area contributed by atoms with Gasteiger partial charge >= 0.3 is 0 Å². The van der Waals surface area contributed by atoms with Crippen LogP contribution in [-0.4, -0.2) is 22.6 Å². The molecule has 1 amide bonds. The van der Waals surface area contributed by atoms with Crippen molar-refractivity contribution in [1.82, 2.24) is 4.98 Å². The van der Waals surface area contributed by atoms with Gasteiger partial charge in [0.1, 0.15) is 6.61 Å². The van der Waals surface area contributed by atoms with Crippen molar-refractivity contribution in [3.63, 3.8) is 0 Å². The Morgan fingerprint density at radius 2 is 1.69 bits per heavy atom. The summed E-state index contributed by atoms with van der Waals surface area (Å²) in [6, 6.07) is 19.6. The van der Waals surface area contributed by atoms with Crippen molar-refractivity contribution >= 4 is 22.4 Å². The summed E-state index contributed by atoms with van der Waals surface area (Å²) in [5.41, 5.74) is 2.75. The number of anilines is 1. The lowest BCUT2D eigenvalue weighted by Gasteiger charge is -2.04. The highest BCUT2D eigenvalue weighted by atomic mass is 32.1. The van der Waals surface area contributed by atoms with Crippen molar-refractivity contribution in [1.29, 1.82) is 0 Å². The predicted molar refractivity (Wildman–Crippen MR) is 102 cm³/mol. The van der Waals surface area contributed by atoms with Gasteiger partial charge in [0.2, 0.25) is 0 Å². The van der Waals surface area contributed by atoms with E-state index < -0.39 is 0 Å². The average molecular weight is 368 g/mol. The van der Waals surface area contributed by atoms with Gasteiger partial charge in [-0.25, -0.2) is 4.98 Å². The fourth-order valence-corrected chi connectivity index (χ4v) is 3.49. The van der Waals surface area contributed by atoms with Crippen LogP contribution in [0.4, 0.5) is 5.13 Å². The van der Waals surface area contributed by atoms with Crippen LogP contribution in [-0.2, 0) is 29.2 Å². The number of nitrogens with one attached hydrogen (secondary N) is 1. The number of aromatic nitrogens is 1. The van der Waals surface area contributed by atoms with Crippen LogP contribution < -0.4 is 5.32 Å². The van der Waals surface area contributed by atoms with Crippen LogP contribution in [0.2, 0.25) is 0 Å². The zero-order chi connectivity index (χ0) is 18.2. The number of nitrogens with zero attached hydrogens (tertiary/aromatic N) is 1. The molecule has 3 aromatic rings. The fraction of sp³-hybridized carbons (Fsp3) is 0.200. The summed E-state index contributed by atoms with van der Waals surface area (Å²) in [7, 11) is 0. The van der Waals surface area contributed by atoms with Gasteiger partial charge in [0.15, 0.2) is 5.13 Å². The van der Waals surface area contributed by atoms with Crippen LogP contribution in [0.25, 0.3) is 0 Å². The number of hydrogen-bond donors (Lipinski definition) is 2. The first-order chi connectivity index (χ1) is 12.7. The van der Waals surface area contributed by atoms with Gasteiger partial charge in [0.05, 0.1) is 18.9 Å². The third-order valence-corrected chi connectivity index (χ3v) is 4.74. The lowest BCUT2D eigenvalue weighted by atomic mass is 10.1. The van der Waals surface area contributed by atoms with E-state index >= 15 is 0 Å². The number of carbonyl (C=O) groups excluding carboxylic acids is 1. The van der Waals surface area contributed by atoms with Crippen molar-refractivity contribution in [3.8, 4) is 0 Å². The lowest BCUT2D eigenvalue weighted by Crippen LogP contribution is -2.18. The Balaban J connectivity index is 1.54. The van der Waals surface area contributed by atoms with E-state index in [1.54, 1.807) is 0 Å². The van der Waals surface area contributed by atoms with E-state index in [-0.39, 0.29) is 19.1 Å². The van der Waals surface area contributed by atoms with E-state index in [1.807, 2.05) is 60.7 Å². The quantitative estimate of drug-likeness (QED) is 0.639. The highest BCUT2D eigenvalue weighted by Gasteiger charge is 2.13. The summed E-state index contributed by atoms with van der Waals surface area (Å²) in [5, 5.41) is 12.7. The molecule has 2 N–H and O–H groups in total. The summed E-state index contributed by atoms with van der Waals surface area (Å²) in [5.74, 6) is -0.259. The van der Waals surface area contributed by atoms with Gasteiger partial charge < -0.3 is 9.84 Å². The van der Waals surface area contributed by atoms with Gasteiger partial charge in [-0.2, -0.15) is 0 Å². The summed E-state index contributed by atoms with van der Waals surface area (Å²) in [6.07, 6.45) is 0.675. The second-order valence-electron chi connectivity index (χ2n) is 5.74. The molecular formula is C20H20N2O3S. The Bertz CT molecular complexity index is 835. The monoisotopic (exact) mass is 368 g/mol. The molecule has 0 radical (unpaired) electrons. The molecule has 0 fully saturated rings. The van der Waals surface area contributed by atoms with Gasteiger partial charge in [-0.1, -0.05) is 60.7 Å². The zero-order valence-corrected chi connectivity index (χ0v) is 15.0. The highest BCUT2D eigenvalue weighted by molar-refractivity contribution is 7.15. The number of ether oxygens (including phenoxy) is 1. The fourth-order valence-electron chi connectivity index (χ4n) is 2.47. The minimum Gasteiger partial charge on any atom is -0.390 e. The van der Waals surface area contributed by atoms with Crippen LogP contribution in [0.5, 0.6) is 0 Å². The molecule has 0 atom stereocenters.